The summed E-state index contributed by atoms with van der Waals surface area (Å²) in [5.41, 5.74) is 3.13. The normalized spacial score (nSPS) is 15.1. The third kappa shape index (κ3) is 4.84. The number of anilines is 1. The van der Waals surface area contributed by atoms with Crippen LogP contribution in [0.5, 0.6) is 0 Å². The largest absolute Gasteiger partial charge is 0.478 e. The third-order valence-corrected chi connectivity index (χ3v) is 5.48. The standard InChI is InChI=1S/C22H25ClN2O3/c1-15(16-5-7-17(8-6-16)22(27)28)21(26)24-14-18-13-19(23)9-10-20(18)25-11-3-2-4-12-25/h5-10,13,15H,2-4,11-12,14H2,1H3,(H,24,26)(H,27,28). The smallest absolute Gasteiger partial charge is 0.335 e. The second-order valence-corrected chi connectivity index (χ2v) is 7.62. The van der Waals surface area contributed by atoms with Crippen molar-refractivity contribution in [3.05, 3.63) is 64.2 Å². The van der Waals surface area contributed by atoms with Crippen molar-refractivity contribution >= 4 is 29.2 Å². The van der Waals surface area contributed by atoms with Crippen LogP contribution in [-0.2, 0) is 11.3 Å². The maximum absolute atomic E-state index is 12.6. The van der Waals surface area contributed by atoms with E-state index in [1.54, 1.807) is 12.1 Å². The third-order valence-electron chi connectivity index (χ3n) is 5.24. The predicted molar refractivity (Wildman–Crippen MR) is 111 cm³/mol. The molecule has 0 bridgehead atoms. The molecule has 0 aliphatic carbocycles. The summed E-state index contributed by atoms with van der Waals surface area (Å²) in [5.74, 6) is -1.46. The lowest BCUT2D eigenvalue weighted by molar-refractivity contribution is -0.122. The fourth-order valence-corrected chi connectivity index (χ4v) is 3.73. The van der Waals surface area contributed by atoms with Gasteiger partial charge in [0.1, 0.15) is 0 Å². The summed E-state index contributed by atoms with van der Waals surface area (Å²) in [6, 6.07) is 12.3. The average Bonchev–Trinajstić information content (AvgIpc) is 2.72. The van der Waals surface area contributed by atoms with E-state index in [9.17, 15) is 9.59 Å². The predicted octanol–water partition coefficient (Wildman–Crippen LogP) is 4.45. The maximum Gasteiger partial charge on any atom is 0.335 e. The molecule has 1 fully saturated rings. The van der Waals surface area contributed by atoms with Gasteiger partial charge in [0, 0.05) is 30.3 Å². The number of hydrogen-bond acceptors (Lipinski definition) is 3. The molecule has 0 radical (unpaired) electrons. The SMILES string of the molecule is CC(C(=O)NCc1cc(Cl)ccc1N1CCCCC1)c1ccc(C(=O)O)cc1. The highest BCUT2D eigenvalue weighted by molar-refractivity contribution is 6.30. The molecule has 5 nitrogen and oxygen atoms in total. The summed E-state index contributed by atoms with van der Waals surface area (Å²) >= 11 is 6.19. The van der Waals surface area contributed by atoms with Crippen molar-refractivity contribution < 1.29 is 14.7 Å². The molecule has 1 heterocycles. The van der Waals surface area contributed by atoms with Crippen LogP contribution in [0.2, 0.25) is 5.02 Å². The average molecular weight is 401 g/mol. The Kier molecular flexibility index (Phi) is 6.57. The number of rotatable bonds is 6. The molecular formula is C22H25ClN2O3. The molecule has 1 aliphatic heterocycles. The van der Waals surface area contributed by atoms with Crippen LogP contribution in [0.3, 0.4) is 0 Å². The Morgan fingerprint density at radius 1 is 1.11 bits per heavy atom. The van der Waals surface area contributed by atoms with Crippen LogP contribution >= 0.6 is 11.6 Å². The zero-order chi connectivity index (χ0) is 20.1. The molecule has 6 heteroatoms. The Hall–Kier alpha value is -2.53. The van der Waals surface area contributed by atoms with E-state index in [4.69, 9.17) is 16.7 Å². The van der Waals surface area contributed by atoms with Gasteiger partial charge in [-0.3, -0.25) is 4.79 Å². The van der Waals surface area contributed by atoms with Crippen LogP contribution in [0.4, 0.5) is 5.69 Å². The van der Waals surface area contributed by atoms with Crippen LogP contribution in [0.15, 0.2) is 42.5 Å². The fraction of sp³-hybridized carbons (Fsp3) is 0.364. The van der Waals surface area contributed by atoms with Crippen molar-refractivity contribution in [2.24, 2.45) is 0 Å². The number of amides is 1. The first-order valence-corrected chi connectivity index (χ1v) is 9.98. The van der Waals surface area contributed by atoms with Gasteiger partial charge in [-0.25, -0.2) is 4.79 Å². The van der Waals surface area contributed by atoms with E-state index in [2.05, 4.69) is 10.2 Å². The molecule has 2 N–H and O–H groups in total. The summed E-state index contributed by atoms with van der Waals surface area (Å²) in [6.07, 6.45) is 3.62. The number of carbonyl (C=O) groups is 2. The Bertz CT molecular complexity index is 845. The molecule has 1 amide bonds. The minimum absolute atomic E-state index is 0.104. The molecule has 1 unspecified atom stereocenters. The number of benzene rings is 2. The Balaban J connectivity index is 1.68. The van der Waals surface area contributed by atoms with Crippen molar-refractivity contribution in [3.8, 4) is 0 Å². The lowest BCUT2D eigenvalue weighted by atomic mass is 9.99. The zero-order valence-corrected chi connectivity index (χ0v) is 16.7. The molecule has 2 aromatic carbocycles. The van der Waals surface area contributed by atoms with Gasteiger partial charge in [0.2, 0.25) is 5.91 Å². The first-order chi connectivity index (χ1) is 13.5. The van der Waals surface area contributed by atoms with E-state index in [0.29, 0.717) is 11.6 Å². The van der Waals surface area contributed by atoms with Gasteiger partial charge >= 0.3 is 5.97 Å². The monoisotopic (exact) mass is 400 g/mol. The minimum atomic E-state index is -0.977. The molecule has 1 aliphatic rings. The second kappa shape index (κ2) is 9.11. The van der Waals surface area contributed by atoms with E-state index in [1.165, 1.54) is 31.4 Å². The van der Waals surface area contributed by atoms with Gasteiger partial charge in [0.25, 0.3) is 0 Å². The van der Waals surface area contributed by atoms with E-state index >= 15 is 0 Å². The Morgan fingerprint density at radius 3 is 2.43 bits per heavy atom. The first-order valence-electron chi connectivity index (χ1n) is 9.60. The molecular weight excluding hydrogens is 376 g/mol. The number of hydrogen-bond donors (Lipinski definition) is 2. The number of nitrogens with zero attached hydrogens (tertiary/aromatic N) is 1. The van der Waals surface area contributed by atoms with Gasteiger partial charge in [0.15, 0.2) is 0 Å². The van der Waals surface area contributed by atoms with Crippen molar-refractivity contribution in [2.45, 2.75) is 38.6 Å². The summed E-state index contributed by atoms with van der Waals surface area (Å²) in [4.78, 5) is 26.0. The van der Waals surface area contributed by atoms with Crippen LogP contribution in [0, 0.1) is 0 Å². The molecule has 0 aromatic heterocycles. The summed E-state index contributed by atoms with van der Waals surface area (Å²) in [6.45, 7) is 4.27. The number of carboxylic acid groups (broad SMARTS) is 1. The summed E-state index contributed by atoms with van der Waals surface area (Å²) < 4.78 is 0. The van der Waals surface area contributed by atoms with E-state index in [1.807, 2.05) is 25.1 Å². The molecule has 3 rings (SSSR count). The van der Waals surface area contributed by atoms with Crippen molar-refractivity contribution in [2.75, 3.05) is 18.0 Å². The van der Waals surface area contributed by atoms with Crippen LogP contribution in [0.1, 0.15) is 53.6 Å². The van der Waals surface area contributed by atoms with Crippen LogP contribution in [0.25, 0.3) is 0 Å². The van der Waals surface area contributed by atoms with Crippen LogP contribution in [-0.4, -0.2) is 30.1 Å². The molecule has 28 heavy (non-hydrogen) atoms. The Morgan fingerprint density at radius 2 is 1.79 bits per heavy atom. The molecule has 0 spiro atoms. The number of aromatic carboxylic acids is 1. The van der Waals surface area contributed by atoms with E-state index in [-0.39, 0.29) is 17.4 Å². The topological polar surface area (TPSA) is 69.6 Å². The zero-order valence-electron chi connectivity index (χ0n) is 16.0. The lowest BCUT2D eigenvalue weighted by Crippen LogP contribution is -2.32. The number of carboxylic acids is 1. The summed E-state index contributed by atoms with van der Waals surface area (Å²) in [5, 5.41) is 12.7. The minimum Gasteiger partial charge on any atom is -0.478 e. The Labute approximate surface area is 170 Å². The summed E-state index contributed by atoms with van der Waals surface area (Å²) in [7, 11) is 0. The number of halogens is 1. The second-order valence-electron chi connectivity index (χ2n) is 7.19. The van der Waals surface area contributed by atoms with Crippen molar-refractivity contribution in [3.63, 3.8) is 0 Å². The number of nitrogens with one attached hydrogen (secondary N) is 1. The van der Waals surface area contributed by atoms with Crippen molar-refractivity contribution in [1.29, 1.82) is 0 Å². The number of piperidine rings is 1. The molecule has 148 valence electrons. The highest BCUT2D eigenvalue weighted by Crippen LogP contribution is 2.27. The van der Waals surface area contributed by atoms with E-state index < -0.39 is 5.97 Å². The number of carbonyl (C=O) groups excluding carboxylic acids is 1. The van der Waals surface area contributed by atoms with Gasteiger partial charge in [0.05, 0.1) is 11.5 Å². The maximum atomic E-state index is 12.6. The quantitative estimate of drug-likeness (QED) is 0.751. The van der Waals surface area contributed by atoms with Gasteiger partial charge in [-0.1, -0.05) is 23.7 Å². The molecule has 2 aromatic rings. The highest BCUT2D eigenvalue weighted by Gasteiger charge is 2.18. The highest BCUT2D eigenvalue weighted by atomic mass is 35.5. The molecule has 1 atom stereocenters. The fourth-order valence-electron chi connectivity index (χ4n) is 3.54. The van der Waals surface area contributed by atoms with Crippen molar-refractivity contribution in [1.82, 2.24) is 5.32 Å². The van der Waals surface area contributed by atoms with Gasteiger partial charge in [-0.05, 0) is 67.6 Å². The lowest BCUT2D eigenvalue weighted by Gasteiger charge is -2.31. The molecule has 0 saturated carbocycles. The van der Waals surface area contributed by atoms with Crippen LogP contribution < -0.4 is 10.2 Å². The first kappa shape index (κ1) is 20.2. The van der Waals surface area contributed by atoms with Gasteiger partial charge in [-0.15, -0.1) is 0 Å². The van der Waals surface area contributed by atoms with E-state index in [0.717, 1.165) is 29.9 Å². The van der Waals surface area contributed by atoms with Gasteiger partial charge < -0.3 is 15.3 Å². The van der Waals surface area contributed by atoms with Gasteiger partial charge in [-0.2, -0.15) is 0 Å². The molecule has 1 saturated heterocycles.